The molecule has 1 N–H and O–H groups in total. The molecular weight excluding hydrogens is 707 g/mol. The summed E-state index contributed by atoms with van der Waals surface area (Å²) in [6.45, 7) is 1.35. The maximum absolute atomic E-state index is 13.8. The predicted molar refractivity (Wildman–Crippen MR) is 213 cm³/mol. The van der Waals surface area contributed by atoms with E-state index >= 15 is 0 Å². The fourth-order valence-corrected chi connectivity index (χ4v) is 6.63. The Morgan fingerprint density at radius 1 is 0.625 bits per heavy atom. The first-order chi connectivity index (χ1) is 27.6. The first kappa shape index (κ1) is 38.5. The van der Waals surface area contributed by atoms with Crippen molar-refractivity contribution in [3.63, 3.8) is 0 Å². The number of hydrogen-bond donors (Lipinski definition) is 1. The lowest BCUT2D eigenvalue weighted by atomic mass is 10.0. The van der Waals surface area contributed by atoms with Gasteiger partial charge in [-0.2, -0.15) is 4.98 Å². The van der Waals surface area contributed by atoms with E-state index in [0.717, 1.165) is 22.3 Å². The summed E-state index contributed by atoms with van der Waals surface area (Å²) in [5, 5.41) is 2.73. The van der Waals surface area contributed by atoms with Crippen molar-refractivity contribution in [2.45, 2.75) is 63.5 Å². The van der Waals surface area contributed by atoms with E-state index in [0.29, 0.717) is 25.4 Å². The number of rotatable bonds is 16. The Bertz CT molecular complexity index is 2140. The summed E-state index contributed by atoms with van der Waals surface area (Å²) >= 11 is 0. The van der Waals surface area contributed by atoms with Gasteiger partial charge < -0.3 is 29.0 Å². The van der Waals surface area contributed by atoms with Crippen molar-refractivity contribution in [2.75, 3.05) is 11.9 Å². The van der Waals surface area contributed by atoms with Gasteiger partial charge in [0.15, 0.2) is 0 Å². The number of amides is 1. The lowest BCUT2D eigenvalue weighted by molar-refractivity contribution is -0.185. The Balaban J connectivity index is 1.23. The largest absolute Gasteiger partial charge is 0.374 e. The molecule has 1 aliphatic heterocycles. The summed E-state index contributed by atoms with van der Waals surface area (Å²) in [5.41, 5.74) is 3.81. The summed E-state index contributed by atoms with van der Waals surface area (Å²) in [5.74, 6) is -0.246. The van der Waals surface area contributed by atoms with Gasteiger partial charge in [0.25, 0.3) is 5.91 Å². The van der Waals surface area contributed by atoms with E-state index in [2.05, 4.69) is 10.3 Å². The van der Waals surface area contributed by atoms with Gasteiger partial charge in [0.1, 0.15) is 30.4 Å². The quantitative estimate of drug-likeness (QED) is 0.107. The van der Waals surface area contributed by atoms with Gasteiger partial charge >= 0.3 is 5.69 Å². The van der Waals surface area contributed by atoms with E-state index in [9.17, 15) is 9.59 Å². The third kappa shape index (κ3) is 10.7. The third-order valence-corrected chi connectivity index (χ3v) is 9.51. The van der Waals surface area contributed by atoms with Crippen LogP contribution in [0.1, 0.15) is 45.3 Å². The van der Waals surface area contributed by atoms with Gasteiger partial charge in [0.2, 0.25) is 0 Å². The Hall–Kier alpha value is -5.75. The molecule has 7 rings (SSSR count). The lowest BCUT2D eigenvalue weighted by Gasteiger charge is -2.34. The molecular formula is C46H45N3O7. The van der Waals surface area contributed by atoms with Crippen molar-refractivity contribution < 1.29 is 28.5 Å². The average molecular weight is 752 g/mol. The maximum atomic E-state index is 13.8. The average Bonchev–Trinajstić information content (AvgIpc) is 3.39. The Morgan fingerprint density at radius 2 is 1.11 bits per heavy atom. The van der Waals surface area contributed by atoms with Crippen LogP contribution in [0.4, 0.5) is 5.82 Å². The van der Waals surface area contributed by atoms with Gasteiger partial charge in [-0.15, -0.1) is 0 Å². The Kier molecular flexibility index (Phi) is 13.6. The zero-order valence-electron chi connectivity index (χ0n) is 31.0. The molecule has 0 aliphatic carbocycles. The summed E-state index contributed by atoms with van der Waals surface area (Å²) in [7, 11) is 0. The van der Waals surface area contributed by atoms with Crippen LogP contribution in [-0.2, 0) is 50.1 Å². The van der Waals surface area contributed by atoms with E-state index in [1.807, 2.05) is 127 Å². The van der Waals surface area contributed by atoms with Gasteiger partial charge in [-0.1, -0.05) is 140 Å². The second-order valence-corrected chi connectivity index (χ2v) is 13.5. The van der Waals surface area contributed by atoms with Crippen LogP contribution in [0, 0.1) is 0 Å². The molecule has 5 aromatic carbocycles. The van der Waals surface area contributed by atoms with Gasteiger partial charge in [0.05, 0.1) is 39.1 Å². The molecule has 1 aromatic heterocycles. The number of carbonyl (C=O) groups is 1. The minimum absolute atomic E-state index is 0.126. The van der Waals surface area contributed by atoms with E-state index in [-0.39, 0.29) is 31.4 Å². The van der Waals surface area contributed by atoms with Crippen molar-refractivity contribution in [3.8, 4) is 0 Å². The molecule has 0 spiro atoms. The van der Waals surface area contributed by atoms with Crippen molar-refractivity contribution in [1.29, 1.82) is 0 Å². The van der Waals surface area contributed by atoms with Crippen LogP contribution < -0.4 is 11.0 Å². The third-order valence-electron chi connectivity index (χ3n) is 9.51. The molecule has 0 saturated carbocycles. The molecule has 0 radical (unpaired) electrons. The molecule has 56 heavy (non-hydrogen) atoms. The normalized spacial score (nSPS) is 19.5. The summed E-state index contributed by atoms with van der Waals surface area (Å²) in [6, 6.07) is 50.0. The molecule has 1 amide bonds. The van der Waals surface area contributed by atoms with Crippen molar-refractivity contribution in [2.24, 2.45) is 0 Å². The van der Waals surface area contributed by atoms with Crippen molar-refractivity contribution in [1.82, 2.24) is 9.55 Å². The maximum Gasteiger partial charge on any atom is 0.351 e. The first-order valence-electron chi connectivity index (χ1n) is 18.8. The molecule has 286 valence electrons. The van der Waals surface area contributed by atoms with Crippen LogP contribution in [0.3, 0.4) is 0 Å². The molecule has 5 atom stereocenters. The number of ether oxygens (including phenoxy) is 5. The van der Waals surface area contributed by atoms with Crippen LogP contribution in [0.2, 0.25) is 0 Å². The minimum atomic E-state index is -0.854. The smallest absolute Gasteiger partial charge is 0.351 e. The lowest BCUT2D eigenvalue weighted by Crippen LogP contribution is -2.48. The number of carbonyl (C=O) groups excluding carboxylic acids is 1. The summed E-state index contributed by atoms with van der Waals surface area (Å²) in [6.07, 6.45) is -1.69. The highest BCUT2D eigenvalue weighted by molar-refractivity contribution is 6.03. The number of aromatic nitrogens is 2. The molecule has 6 aromatic rings. The molecule has 1 aliphatic rings. The predicted octanol–water partition coefficient (Wildman–Crippen LogP) is 7.76. The molecule has 0 bridgehead atoms. The fraction of sp³-hybridized carbons (Fsp3) is 0.239. The Morgan fingerprint density at radius 3 is 1.64 bits per heavy atom. The number of nitrogens with one attached hydrogen (secondary N) is 1. The van der Waals surface area contributed by atoms with Crippen LogP contribution in [0.15, 0.2) is 169 Å². The number of anilines is 1. The second-order valence-electron chi connectivity index (χ2n) is 13.5. The monoisotopic (exact) mass is 751 g/mol. The number of benzene rings is 5. The SMILES string of the molecule is O=C(Nc1ccn([C@@H]2C[C@H](OCc3ccccc3)[C@H](OCc3ccccc3)[C@@H](OCc3ccccc3)[C@@H](COCc3ccccc3)O2)c(=O)n1)c1ccccc1. The standard InChI is InChI=1S/C46H45N3O7/c50-45(38-24-14-5-15-25-38)47-41-26-27-49(46(51)48-41)42-28-39(53-30-35-18-8-2-9-19-35)43(54-31-36-20-10-3-11-21-36)44(55-32-37-22-12-4-13-23-37)40(56-42)33-52-29-34-16-6-1-7-17-34/h1-27,39-40,42-44H,28-33H2,(H,47,48,50,51)/t39-,40+,42-,43-,44-/m0/s1. The van der Waals surface area contributed by atoms with Crippen LogP contribution >= 0.6 is 0 Å². The molecule has 10 nitrogen and oxygen atoms in total. The topological polar surface area (TPSA) is 110 Å². The van der Waals surface area contributed by atoms with Gasteiger partial charge in [0, 0.05) is 18.2 Å². The number of hydrogen-bond acceptors (Lipinski definition) is 8. The summed E-state index contributed by atoms with van der Waals surface area (Å²) in [4.78, 5) is 31.0. The molecule has 0 unspecified atom stereocenters. The highest BCUT2D eigenvalue weighted by Gasteiger charge is 2.44. The van der Waals surface area contributed by atoms with Gasteiger partial charge in [-0.3, -0.25) is 9.36 Å². The van der Waals surface area contributed by atoms with Crippen molar-refractivity contribution >= 4 is 11.7 Å². The minimum Gasteiger partial charge on any atom is -0.374 e. The zero-order chi connectivity index (χ0) is 38.4. The highest BCUT2D eigenvalue weighted by atomic mass is 16.6. The highest BCUT2D eigenvalue weighted by Crippen LogP contribution is 2.33. The second kappa shape index (κ2) is 19.7. The first-order valence-corrected chi connectivity index (χ1v) is 18.8. The van der Waals surface area contributed by atoms with E-state index < -0.39 is 36.3 Å². The van der Waals surface area contributed by atoms with E-state index in [1.54, 1.807) is 36.5 Å². The Labute approximate surface area is 326 Å². The fourth-order valence-electron chi connectivity index (χ4n) is 6.63. The van der Waals surface area contributed by atoms with Crippen molar-refractivity contribution in [3.05, 3.63) is 202 Å². The van der Waals surface area contributed by atoms with Crippen LogP contribution in [-0.4, -0.2) is 46.5 Å². The zero-order valence-corrected chi connectivity index (χ0v) is 31.0. The molecule has 2 heterocycles. The van der Waals surface area contributed by atoms with Crippen LogP contribution in [0.25, 0.3) is 0 Å². The molecule has 10 heteroatoms. The summed E-state index contributed by atoms with van der Waals surface area (Å²) < 4.78 is 35.1. The van der Waals surface area contributed by atoms with Gasteiger partial charge in [-0.25, -0.2) is 4.79 Å². The molecule has 1 fully saturated rings. The van der Waals surface area contributed by atoms with Crippen LogP contribution in [0.5, 0.6) is 0 Å². The van der Waals surface area contributed by atoms with E-state index in [1.165, 1.54) is 4.57 Å². The van der Waals surface area contributed by atoms with Gasteiger partial charge in [-0.05, 0) is 40.5 Å². The number of nitrogens with zero attached hydrogens (tertiary/aromatic N) is 2. The molecule has 1 saturated heterocycles. The van der Waals surface area contributed by atoms with E-state index in [4.69, 9.17) is 23.7 Å².